The quantitative estimate of drug-likeness (QED) is 0.365. The molecule has 1 saturated heterocycles. The summed E-state index contributed by atoms with van der Waals surface area (Å²) in [6.07, 6.45) is 2.05. The number of nitrogens with one attached hydrogen (secondary N) is 1. The third kappa shape index (κ3) is 8.63. The Bertz CT molecular complexity index is 542. The molecule has 1 aromatic carbocycles. The highest BCUT2D eigenvalue weighted by molar-refractivity contribution is 5.79. The highest BCUT2D eigenvalue weighted by atomic mass is 16.5. The average molecular weight is 378 g/mol. The van der Waals surface area contributed by atoms with E-state index in [1.807, 2.05) is 19.2 Å². The standard InChI is InChI=1S/C21H35N3O3/c1-4-22-21(23-11-5-13-25-16-19-10-14-26-17-19)24(3)12-15-27-20-8-6-18(2)7-9-20/h6-9,19H,4-5,10-17H2,1-3H3,(H,22,23). The molecule has 1 aliphatic rings. The van der Waals surface area contributed by atoms with E-state index in [-0.39, 0.29) is 0 Å². The zero-order valence-corrected chi connectivity index (χ0v) is 17.1. The van der Waals surface area contributed by atoms with Crippen molar-refractivity contribution in [3.63, 3.8) is 0 Å². The van der Waals surface area contributed by atoms with Crippen LogP contribution in [-0.2, 0) is 9.47 Å². The lowest BCUT2D eigenvalue weighted by molar-refractivity contribution is 0.0893. The molecule has 1 heterocycles. The van der Waals surface area contributed by atoms with Crippen LogP contribution in [0.25, 0.3) is 0 Å². The zero-order chi connectivity index (χ0) is 19.3. The summed E-state index contributed by atoms with van der Waals surface area (Å²) < 4.78 is 16.9. The summed E-state index contributed by atoms with van der Waals surface area (Å²) in [4.78, 5) is 6.80. The normalized spacial score (nSPS) is 17.1. The van der Waals surface area contributed by atoms with Crippen molar-refractivity contribution in [3.05, 3.63) is 29.8 Å². The van der Waals surface area contributed by atoms with Crippen LogP contribution in [0.3, 0.4) is 0 Å². The molecule has 1 aliphatic heterocycles. The van der Waals surface area contributed by atoms with Gasteiger partial charge in [-0.05, 0) is 38.8 Å². The molecule has 1 unspecified atom stereocenters. The van der Waals surface area contributed by atoms with Crippen LogP contribution in [0.2, 0.25) is 0 Å². The predicted octanol–water partition coefficient (Wildman–Crippen LogP) is 2.71. The molecule has 27 heavy (non-hydrogen) atoms. The summed E-state index contributed by atoms with van der Waals surface area (Å²) >= 11 is 0. The van der Waals surface area contributed by atoms with Gasteiger partial charge in [0, 0.05) is 39.3 Å². The third-order valence-corrected chi connectivity index (χ3v) is 4.50. The summed E-state index contributed by atoms with van der Waals surface area (Å²) in [5.41, 5.74) is 1.24. The first-order valence-electron chi connectivity index (χ1n) is 10.0. The molecule has 1 fully saturated rings. The molecule has 0 aliphatic carbocycles. The molecule has 6 heteroatoms. The highest BCUT2D eigenvalue weighted by Gasteiger charge is 2.15. The first-order valence-corrected chi connectivity index (χ1v) is 10.0. The van der Waals surface area contributed by atoms with Crippen molar-refractivity contribution in [3.8, 4) is 5.75 Å². The van der Waals surface area contributed by atoms with Crippen molar-refractivity contribution in [2.75, 3.05) is 59.7 Å². The van der Waals surface area contributed by atoms with E-state index in [1.165, 1.54) is 5.56 Å². The number of hydrogen-bond acceptors (Lipinski definition) is 4. The van der Waals surface area contributed by atoms with Gasteiger partial charge >= 0.3 is 0 Å². The lowest BCUT2D eigenvalue weighted by Crippen LogP contribution is -2.41. The Morgan fingerprint density at radius 1 is 1.30 bits per heavy atom. The lowest BCUT2D eigenvalue weighted by Gasteiger charge is -2.22. The second-order valence-corrected chi connectivity index (χ2v) is 6.98. The molecular formula is C21H35N3O3. The van der Waals surface area contributed by atoms with Gasteiger partial charge in [-0.2, -0.15) is 0 Å². The van der Waals surface area contributed by atoms with Crippen LogP contribution in [0, 0.1) is 12.8 Å². The number of aryl methyl sites for hydroxylation is 1. The van der Waals surface area contributed by atoms with E-state index in [1.54, 1.807) is 0 Å². The van der Waals surface area contributed by atoms with Crippen molar-refractivity contribution < 1.29 is 14.2 Å². The van der Waals surface area contributed by atoms with Gasteiger partial charge in [0.25, 0.3) is 0 Å². The van der Waals surface area contributed by atoms with Gasteiger partial charge < -0.3 is 24.4 Å². The molecule has 0 bridgehead atoms. The molecule has 152 valence electrons. The van der Waals surface area contributed by atoms with Gasteiger partial charge in [-0.1, -0.05) is 17.7 Å². The fourth-order valence-electron chi connectivity index (χ4n) is 2.83. The van der Waals surface area contributed by atoms with Crippen LogP contribution in [-0.4, -0.2) is 70.6 Å². The van der Waals surface area contributed by atoms with Crippen molar-refractivity contribution in [2.24, 2.45) is 10.9 Å². The summed E-state index contributed by atoms with van der Waals surface area (Å²) in [6.45, 7) is 10.4. The number of aliphatic imine (C=N–C) groups is 1. The van der Waals surface area contributed by atoms with Gasteiger partial charge in [0.2, 0.25) is 0 Å². The Hall–Kier alpha value is -1.79. The number of hydrogen-bond donors (Lipinski definition) is 1. The molecule has 0 spiro atoms. The third-order valence-electron chi connectivity index (χ3n) is 4.50. The van der Waals surface area contributed by atoms with E-state index < -0.39 is 0 Å². The predicted molar refractivity (Wildman–Crippen MR) is 110 cm³/mol. The monoisotopic (exact) mass is 377 g/mol. The van der Waals surface area contributed by atoms with Crippen LogP contribution < -0.4 is 10.1 Å². The van der Waals surface area contributed by atoms with E-state index in [0.717, 1.165) is 70.6 Å². The number of nitrogens with zero attached hydrogens (tertiary/aromatic N) is 2. The molecule has 2 rings (SSSR count). The number of ether oxygens (including phenoxy) is 3. The van der Waals surface area contributed by atoms with Gasteiger partial charge in [-0.15, -0.1) is 0 Å². The Morgan fingerprint density at radius 3 is 2.81 bits per heavy atom. The molecule has 1 N–H and O–H groups in total. The summed E-state index contributed by atoms with van der Waals surface area (Å²) in [6, 6.07) is 8.14. The Labute approximate surface area is 163 Å². The molecule has 6 nitrogen and oxygen atoms in total. The van der Waals surface area contributed by atoms with Crippen LogP contribution >= 0.6 is 0 Å². The summed E-state index contributed by atoms with van der Waals surface area (Å²) in [7, 11) is 2.04. The van der Waals surface area contributed by atoms with E-state index >= 15 is 0 Å². The smallest absolute Gasteiger partial charge is 0.193 e. The minimum Gasteiger partial charge on any atom is -0.492 e. The Kier molecular flexibility index (Phi) is 10.0. The maximum atomic E-state index is 5.81. The molecule has 0 amide bonds. The SMILES string of the molecule is CCNC(=NCCCOCC1CCOC1)N(C)CCOc1ccc(C)cc1. The number of likely N-dealkylation sites (N-methyl/N-ethyl adjacent to an activating group) is 1. The molecule has 0 radical (unpaired) electrons. The van der Waals surface area contributed by atoms with E-state index in [2.05, 4.69) is 36.2 Å². The minimum atomic E-state index is 0.575. The van der Waals surface area contributed by atoms with Gasteiger partial charge in [-0.3, -0.25) is 4.99 Å². The van der Waals surface area contributed by atoms with E-state index in [4.69, 9.17) is 19.2 Å². The second kappa shape index (κ2) is 12.6. The number of benzene rings is 1. The summed E-state index contributed by atoms with van der Waals surface area (Å²) in [5.74, 6) is 2.39. The molecule has 1 aromatic rings. The van der Waals surface area contributed by atoms with Crippen molar-refractivity contribution in [1.82, 2.24) is 10.2 Å². The maximum Gasteiger partial charge on any atom is 0.193 e. The molecule has 0 saturated carbocycles. The van der Waals surface area contributed by atoms with E-state index in [0.29, 0.717) is 12.5 Å². The maximum absolute atomic E-state index is 5.81. The fourth-order valence-corrected chi connectivity index (χ4v) is 2.83. The average Bonchev–Trinajstić information content (AvgIpc) is 3.18. The first-order chi connectivity index (χ1) is 13.2. The fraction of sp³-hybridized carbons (Fsp3) is 0.667. The van der Waals surface area contributed by atoms with Crippen LogP contribution in [0.1, 0.15) is 25.3 Å². The van der Waals surface area contributed by atoms with Crippen molar-refractivity contribution >= 4 is 5.96 Å². The van der Waals surface area contributed by atoms with Gasteiger partial charge in [-0.25, -0.2) is 0 Å². The van der Waals surface area contributed by atoms with Crippen LogP contribution in [0.4, 0.5) is 0 Å². The van der Waals surface area contributed by atoms with Crippen LogP contribution in [0.15, 0.2) is 29.3 Å². The molecule has 0 aromatic heterocycles. The topological polar surface area (TPSA) is 55.3 Å². The van der Waals surface area contributed by atoms with Gasteiger partial charge in [0.15, 0.2) is 5.96 Å². The largest absolute Gasteiger partial charge is 0.492 e. The summed E-state index contributed by atoms with van der Waals surface area (Å²) in [5, 5.41) is 3.34. The number of guanidine groups is 1. The zero-order valence-electron chi connectivity index (χ0n) is 17.1. The van der Waals surface area contributed by atoms with Crippen molar-refractivity contribution in [1.29, 1.82) is 0 Å². The molecular weight excluding hydrogens is 342 g/mol. The minimum absolute atomic E-state index is 0.575. The van der Waals surface area contributed by atoms with Crippen molar-refractivity contribution in [2.45, 2.75) is 26.7 Å². The Morgan fingerprint density at radius 2 is 2.11 bits per heavy atom. The Balaban J connectivity index is 1.63. The first kappa shape index (κ1) is 21.5. The van der Waals surface area contributed by atoms with Gasteiger partial charge in [0.1, 0.15) is 12.4 Å². The van der Waals surface area contributed by atoms with Gasteiger partial charge in [0.05, 0.1) is 19.8 Å². The lowest BCUT2D eigenvalue weighted by atomic mass is 10.1. The van der Waals surface area contributed by atoms with Crippen LogP contribution in [0.5, 0.6) is 5.75 Å². The second-order valence-electron chi connectivity index (χ2n) is 6.98. The highest BCUT2D eigenvalue weighted by Crippen LogP contribution is 2.12. The molecule has 1 atom stereocenters. The van der Waals surface area contributed by atoms with E-state index in [9.17, 15) is 0 Å². The number of rotatable bonds is 11.